The van der Waals surface area contributed by atoms with Crippen LogP contribution in [0.1, 0.15) is 32.2 Å². The highest BCUT2D eigenvalue weighted by molar-refractivity contribution is 6.34. The molecule has 1 saturated heterocycles. The van der Waals surface area contributed by atoms with E-state index in [0.29, 0.717) is 16.2 Å². The summed E-state index contributed by atoms with van der Waals surface area (Å²) in [5, 5.41) is 19.3. The molecule has 2 saturated carbocycles. The minimum absolute atomic E-state index is 0.0912. The van der Waals surface area contributed by atoms with E-state index in [0.717, 1.165) is 41.7 Å². The van der Waals surface area contributed by atoms with Crippen LogP contribution in [0.5, 0.6) is 0 Å². The highest BCUT2D eigenvalue weighted by atomic mass is 35.5. The van der Waals surface area contributed by atoms with Crippen molar-refractivity contribution in [3.63, 3.8) is 0 Å². The number of nitrogens with zero attached hydrogens (tertiary/aromatic N) is 5. The van der Waals surface area contributed by atoms with Gasteiger partial charge in [0, 0.05) is 42.9 Å². The van der Waals surface area contributed by atoms with E-state index in [2.05, 4.69) is 25.3 Å². The quantitative estimate of drug-likeness (QED) is 0.527. The van der Waals surface area contributed by atoms with E-state index in [1.54, 1.807) is 6.20 Å². The van der Waals surface area contributed by atoms with Gasteiger partial charge >= 0.3 is 0 Å². The fourth-order valence-corrected chi connectivity index (χ4v) is 5.80. The Kier molecular flexibility index (Phi) is 4.61. The van der Waals surface area contributed by atoms with E-state index in [9.17, 15) is 13.9 Å². The average molecular weight is 495 g/mol. The molecule has 0 spiro atoms. The molecule has 6 rings (SSSR count). The second kappa shape index (κ2) is 7.13. The van der Waals surface area contributed by atoms with E-state index in [1.165, 1.54) is 6.20 Å². The van der Waals surface area contributed by atoms with Crippen molar-refractivity contribution in [3.8, 4) is 0 Å². The first-order chi connectivity index (χ1) is 15.6. The smallest absolute Gasteiger partial charge is 0.272 e. The number of rotatable bonds is 4. The van der Waals surface area contributed by atoms with Gasteiger partial charge in [0.15, 0.2) is 5.15 Å². The van der Waals surface area contributed by atoms with Crippen LogP contribution in [-0.2, 0) is 0 Å². The lowest BCUT2D eigenvalue weighted by Crippen LogP contribution is -2.52. The van der Waals surface area contributed by atoms with Gasteiger partial charge in [0.25, 0.3) is 5.92 Å². The first-order valence-corrected chi connectivity index (χ1v) is 11.7. The Morgan fingerprint density at radius 1 is 1.15 bits per heavy atom. The molecule has 3 aliphatic rings. The minimum Gasteiger partial charge on any atom is -0.389 e. The van der Waals surface area contributed by atoms with E-state index in [1.807, 2.05) is 19.1 Å². The standard InChI is InChI=1S/C22H22Cl2F2N6O/c1-21(33)12-2-3-13(21)10-31(9-12)17-5-15-11(4-14(17)23)7-27-20(29-15)30-16-8-28-32(19(16)24)18-6-22(18,25)26/h4-5,7-8,12-13,18,33H,2-3,6,9-10H2,1H3,(H,27,29,30). The molecule has 0 amide bonds. The van der Waals surface area contributed by atoms with E-state index < -0.39 is 17.6 Å². The summed E-state index contributed by atoms with van der Waals surface area (Å²) in [6.45, 7) is 3.43. The zero-order valence-electron chi connectivity index (χ0n) is 17.8. The predicted octanol–water partition coefficient (Wildman–Crippen LogP) is 5.05. The SMILES string of the molecule is CC1(O)C2CCC1CN(c1cc3nc(Nc4cnn(C5CC5(F)F)c4Cl)ncc3cc1Cl)C2. The maximum atomic E-state index is 13.4. The van der Waals surface area contributed by atoms with Gasteiger partial charge in [-0.3, -0.25) is 0 Å². The minimum atomic E-state index is -2.77. The second-order valence-electron chi connectivity index (χ2n) is 9.56. The van der Waals surface area contributed by atoms with Gasteiger partial charge in [-0.1, -0.05) is 23.2 Å². The number of aliphatic hydroxyl groups is 1. The Balaban J connectivity index is 1.28. The zero-order chi connectivity index (χ0) is 23.1. The number of fused-ring (bicyclic) bond motifs is 3. The highest BCUT2D eigenvalue weighted by Crippen LogP contribution is 2.53. The lowest BCUT2D eigenvalue weighted by molar-refractivity contribution is -0.0271. The molecule has 0 radical (unpaired) electrons. The van der Waals surface area contributed by atoms with Gasteiger partial charge in [0.05, 0.1) is 33.7 Å². The van der Waals surface area contributed by atoms with E-state index in [4.69, 9.17) is 23.2 Å². The summed E-state index contributed by atoms with van der Waals surface area (Å²) in [4.78, 5) is 11.1. The van der Waals surface area contributed by atoms with Crippen LogP contribution >= 0.6 is 23.2 Å². The number of anilines is 3. The van der Waals surface area contributed by atoms with Gasteiger partial charge in [0.1, 0.15) is 6.04 Å². The molecule has 3 aromatic rings. The average Bonchev–Trinajstić information content (AvgIpc) is 3.24. The predicted molar refractivity (Wildman–Crippen MR) is 123 cm³/mol. The molecule has 7 nitrogen and oxygen atoms in total. The summed E-state index contributed by atoms with van der Waals surface area (Å²) in [7, 11) is 0. The van der Waals surface area contributed by atoms with Crippen molar-refractivity contribution in [3.05, 3.63) is 34.7 Å². The van der Waals surface area contributed by atoms with Crippen LogP contribution in [0.4, 0.5) is 26.1 Å². The number of hydrogen-bond donors (Lipinski definition) is 2. The van der Waals surface area contributed by atoms with Crippen LogP contribution in [0.3, 0.4) is 0 Å². The molecule has 3 fully saturated rings. The Morgan fingerprint density at radius 2 is 1.85 bits per heavy atom. The molecule has 2 aromatic heterocycles. The number of alkyl halides is 2. The molecule has 11 heteroatoms. The summed E-state index contributed by atoms with van der Waals surface area (Å²) in [5.74, 6) is -2.07. The number of piperidine rings is 1. The fourth-order valence-electron chi connectivity index (χ4n) is 5.25. The van der Waals surface area contributed by atoms with Crippen molar-refractivity contribution in [1.29, 1.82) is 0 Å². The molecule has 2 bridgehead atoms. The fraction of sp³-hybridized carbons (Fsp3) is 0.500. The summed E-state index contributed by atoms with van der Waals surface area (Å²) < 4.78 is 27.9. The van der Waals surface area contributed by atoms with Crippen LogP contribution in [-0.4, -0.2) is 49.5 Å². The molecule has 2 N–H and O–H groups in total. The summed E-state index contributed by atoms with van der Waals surface area (Å²) in [6.07, 6.45) is 4.80. The topological polar surface area (TPSA) is 79.1 Å². The van der Waals surface area contributed by atoms with Gasteiger partial charge in [-0.05, 0) is 31.9 Å². The Morgan fingerprint density at radius 3 is 2.52 bits per heavy atom. The van der Waals surface area contributed by atoms with Gasteiger partial charge in [-0.2, -0.15) is 5.10 Å². The van der Waals surface area contributed by atoms with E-state index in [-0.39, 0.29) is 29.4 Å². The number of nitrogens with one attached hydrogen (secondary N) is 1. The second-order valence-corrected chi connectivity index (χ2v) is 10.3. The van der Waals surface area contributed by atoms with Gasteiger partial charge in [0.2, 0.25) is 5.95 Å². The molecule has 1 aliphatic heterocycles. The highest BCUT2D eigenvalue weighted by Gasteiger charge is 2.59. The van der Waals surface area contributed by atoms with Crippen molar-refractivity contribution in [2.45, 2.75) is 43.8 Å². The van der Waals surface area contributed by atoms with Crippen molar-refractivity contribution in [2.75, 3.05) is 23.3 Å². The molecular weight excluding hydrogens is 473 g/mol. The molecule has 33 heavy (non-hydrogen) atoms. The molecule has 2 aliphatic carbocycles. The maximum absolute atomic E-state index is 13.4. The molecule has 3 unspecified atom stereocenters. The summed E-state index contributed by atoms with van der Waals surface area (Å²) in [6, 6.07) is 2.76. The first-order valence-electron chi connectivity index (χ1n) is 10.9. The van der Waals surface area contributed by atoms with Crippen LogP contribution in [0.2, 0.25) is 10.2 Å². The number of halogens is 4. The van der Waals surface area contributed by atoms with E-state index >= 15 is 0 Å². The summed E-state index contributed by atoms with van der Waals surface area (Å²) >= 11 is 12.9. The Labute approximate surface area is 198 Å². The third-order valence-electron chi connectivity index (χ3n) is 7.46. The number of benzene rings is 1. The summed E-state index contributed by atoms with van der Waals surface area (Å²) in [5.41, 5.74) is 1.30. The third-order valence-corrected chi connectivity index (χ3v) is 8.14. The van der Waals surface area contributed by atoms with Gasteiger partial charge < -0.3 is 15.3 Å². The monoisotopic (exact) mass is 494 g/mol. The van der Waals surface area contributed by atoms with Crippen molar-refractivity contribution < 1.29 is 13.9 Å². The van der Waals surface area contributed by atoms with Crippen molar-refractivity contribution >= 4 is 51.4 Å². The Bertz CT molecular complexity index is 1250. The molecule has 3 heterocycles. The van der Waals surface area contributed by atoms with Gasteiger partial charge in [-0.15, -0.1) is 0 Å². The van der Waals surface area contributed by atoms with Crippen LogP contribution < -0.4 is 10.2 Å². The molecule has 3 atom stereocenters. The molecule has 174 valence electrons. The van der Waals surface area contributed by atoms with Crippen molar-refractivity contribution in [1.82, 2.24) is 19.7 Å². The largest absolute Gasteiger partial charge is 0.389 e. The maximum Gasteiger partial charge on any atom is 0.272 e. The number of aromatic nitrogens is 4. The molecule has 1 aromatic carbocycles. The normalized spacial score (nSPS) is 30.1. The lowest BCUT2D eigenvalue weighted by Gasteiger charge is -2.43. The van der Waals surface area contributed by atoms with Crippen LogP contribution in [0.25, 0.3) is 10.9 Å². The van der Waals surface area contributed by atoms with Crippen LogP contribution in [0.15, 0.2) is 24.5 Å². The number of hydrogen-bond acceptors (Lipinski definition) is 6. The Hall–Kier alpha value is -2.23. The zero-order valence-corrected chi connectivity index (χ0v) is 19.3. The van der Waals surface area contributed by atoms with Crippen molar-refractivity contribution in [2.24, 2.45) is 11.8 Å². The third kappa shape index (κ3) is 3.43. The first kappa shape index (κ1) is 21.3. The van der Waals surface area contributed by atoms with Crippen LogP contribution in [0, 0.1) is 11.8 Å². The lowest BCUT2D eigenvalue weighted by atomic mass is 9.82. The van der Waals surface area contributed by atoms with Gasteiger partial charge in [-0.25, -0.2) is 23.4 Å². The molecular formula is C22H22Cl2F2N6O.